The highest BCUT2D eigenvalue weighted by atomic mass is 35.5. The van der Waals surface area contributed by atoms with E-state index in [1.165, 1.54) is 0 Å². The second kappa shape index (κ2) is 3.44. The number of hydrogen-bond acceptors (Lipinski definition) is 2. The van der Waals surface area contributed by atoms with Crippen molar-refractivity contribution in [3.63, 3.8) is 0 Å². The SMILES string of the molecule is NCNc1cccc(Cl)c1. The van der Waals surface area contributed by atoms with Crippen molar-refractivity contribution >= 4 is 17.3 Å². The standard InChI is InChI=1S/C7H9ClN2/c8-6-2-1-3-7(4-6)10-5-9/h1-4,10H,5,9H2. The molecule has 0 radical (unpaired) electrons. The lowest BCUT2D eigenvalue weighted by Crippen LogP contribution is -2.10. The number of anilines is 1. The molecule has 1 rings (SSSR count). The number of nitrogens with two attached hydrogens (primary N) is 1. The predicted molar refractivity (Wildman–Crippen MR) is 44.1 cm³/mol. The molecule has 0 fully saturated rings. The summed E-state index contributed by atoms with van der Waals surface area (Å²) in [6.45, 7) is 0.431. The summed E-state index contributed by atoms with van der Waals surface area (Å²) in [6.07, 6.45) is 0. The molecule has 0 atom stereocenters. The zero-order chi connectivity index (χ0) is 7.40. The average Bonchev–Trinajstić information content (AvgIpc) is 1.88. The van der Waals surface area contributed by atoms with Crippen molar-refractivity contribution < 1.29 is 0 Å². The molecule has 0 unspecified atom stereocenters. The number of hydrogen-bond donors (Lipinski definition) is 2. The van der Waals surface area contributed by atoms with E-state index in [0.717, 1.165) is 10.7 Å². The molecular formula is C7H9ClN2. The lowest BCUT2D eigenvalue weighted by atomic mass is 10.3. The molecule has 0 amide bonds. The molecule has 10 heavy (non-hydrogen) atoms. The van der Waals surface area contributed by atoms with Gasteiger partial charge in [0.25, 0.3) is 0 Å². The number of rotatable bonds is 2. The summed E-state index contributed by atoms with van der Waals surface area (Å²) in [5.41, 5.74) is 6.21. The van der Waals surface area contributed by atoms with E-state index in [9.17, 15) is 0 Å². The van der Waals surface area contributed by atoms with Crippen LogP contribution < -0.4 is 11.1 Å². The van der Waals surface area contributed by atoms with E-state index in [-0.39, 0.29) is 0 Å². The molecular weight excluding hydrogens is 148 g/mol. The van der Waals surface area contributed by atoms with Gasteiger partial charge in [0.2, 0.25) is 0 Å². The summed E-state index contributed by atoms with van der Waals surface area (Å²) in [7, 11) is 0. The van der Waals surface area contributed by atoms with E-state index in [2.05, 4.69) is 5.32 Å². The fraction of sp³-hybridized carbons (Fsp3) is 0.143. The van der Waals surface area contributed by atoms with Gasteiger partial charge >= 0.3 is 0 Å². The van der Waals surface area contributed by atoms with Gasteiger partial charge in [0, 0.05) is 10.7 Å². The molecule has 3 N–H and O–H groups in total. The molecule has 0 aliphatic heterocycles. The number of nitrogens with one attached hydrogen (secondary N) is 1. The molecule has 54 valence electrons. The van der Waals surface area contributed by atoms with Crippen LogP contribution in [0.5, 0.6) is 0 Å². The van der Waals surface area contributed by atoms with Crippen LogP contribution in [0.2, 0.25) is 5.02 Å². The third-order valence-electron chi connectivity index (χ3n) is 1.13. The Hall–Kier alpha value is -0.730. The van der Waals surface area contributed by atoms with Crippen LogP contribution >= 0.6 is 11.6 Å². The fourth-order valence-electron chi connectivity index (χ4n) is 0.716. The van der Waals surface area contributed by atoms with E-state index in [1.54, 1.807) is 0 Å². The summed E-state index contributed by atoms with van der Waals surface area (Å²) < 4.78 is 0. The highest BCUT2D eigenvalue weighted by Crippen LogP contribution is 2.13. The normalized spacial score (nSPS) is 9.40. The van der Waals surface area contributed by atoms with Crippen LogP contribution in [0.3, 0.4) is 0 Å². The van der Waals surface area contributed by atoms with E-state index < -0.39 is 0 Å². The van der Waals surface area contributed by atoms with Gasteiger partial charge in [-0.15, -0.1) is 0 Å². The van der Waals surface area contributed by atoms with Crippen LogP contribution in [0.25, 0.3) is 0 Å². The monoisotopic (exact) mass is 156 g/mol. The number of halogens is 1. The minimum atomic E-state index is 0.431. The van der Waals surface area contributed by atoms with Crippen LogP contribution in [0.15, 0.2) is 24.3 Å². The Labute approximate surface area is 65.0 Å². The first-order valence-corrected chi connectivity index (χ1v) is 3.40. The molecule has 1 aromatic rings. The Morgan fingerprint density at radius 1 is 1.50 bits per heavy atom. The van der Waals surface area contributed by atoms with Gasteiger partial charge in [-0.05, 0) is 18.2 Å². The summed E-state index contributed by atoms with van der Waals surface area (Å²) in [5.74, 6) is 0. The number of benzene rings is 1. The largest absolute Gasteiger partial charge is 0.373 e. The van der Waals surface area contributed by atoms with Crippen LogP contribution in [-0.2, 0) is 0 Å². The molecule has 0 heterocycles. The van der Waals surface area contributed by atoms with E-state index in [0.29, 0.717) is 6.67 Å². The van der Waals surface area contributed by atoms with Crippen LogP contribution in [-0.4, -0.2) is 6.67 Å². The van der Waals surface area contributed by atoms with Crippen molar-refractivity contribution in [3.05, 3.63) is 29.3 Å². The van der Waals surface area contributed by atoms with Gasteiger partial charge in [-0.25, -0.2) is 0 Å². The lowest BCUT2D eigenvalue weighted by Gasteiger charge is -2.01. The Morgan fingerprint density at radius 3 is 2.90 bits per heavy atom. The van der Waals surface area contributed by atoms with E-state index in [4.69, 9.17) is 17.3 Å². The predicted octanol–water partition coefficient (Wildman–Crippen LogP) is 1.67. The van der Waals surface area contributed by atoms with Crippen LogP contribution in [0.1, 0.15) is 0 Å². The third-order valence-corrected chi connectivity index (χ3v) is 1.37. The maximum Gasteiger partial charge on any atom is 0.0628 e. The second-order valence-corrected chi connectivity index (χ2v) is 2.33. The third kappa shape index (κ3) is 1.90. The quantitative estimate of drug-likeness (QED) is 0.640. The maximum atomic E-state index is 5.70. The first-order valence-electron chi connectivity index (χ1n) is 3.02. The highest BCUT2D eigenvalue weighted by molar-refractivity contribution is 6.30. The lowest BCUT2D eigenvalue weighted by molar-refractivity contribution is 1.14. The smallest absolute Gasteiger partial charge is 0.0628 e. The van der Waals surface area contributed by atoms with Crippen molar-refractivity contribution in [1.29, 1.82) is 0 Å². The van der Waals surface area contributed by atoms with E-state index >= 15 is 0 Å². The summed E-state index contributed by atoms with van der Waals surface area (Å²) in [5, 5.41) is 3.66. The van der Waals surface area contributed by atoms with Crippen molar-refractivity contribution in [2.24, 2.45) is 5.73 Å². The Kier molecular flexibility index (Phi) is 2.54. The van der Waals surface area contributed by atoms with Crippen molar-refractivity contribution in [3.8, 4) is 0 Å². The second-order valence-electron chi connectivity index (χ2n) is 1.89. The minimum Gasteiger partial charge on any atom is -0.373 e. The minimum absolute atomic E-state index is 0.431. The maximum absolute atomic E-state index is 5.70. The van der Waals surface area contributed by atoms with Gasteiger partial charge in [0.15, 0.2) is 0 Å². The van der Waals surface area contributed by atoms with Gasteiger partial charge in [0.05, 0.1) is 6.67 Å². The highest BCUT2D eigenvalue weighted by Gasteiger charge is 1.88. The van der Waals surface area contributed by atoms with Crippen LogP contribution in [0.4, 0.5) is 5.69 Å². The molecule has 0 spiro atoms. The molecule has 2 nitrogen and oxygen atoms in total. The molecule has 3 heteroatoms. The zero-order valence-electron chi connectivity index (χ0n) is 5.47. The van der Waals surface area contributed by atoms with Gasteiger partial charge in [-0.2, -0.15) is 0 Å². The summed E-state index contributed by atoms with van der Waals surface area (Å²) in [4.78, 5) is 0. The summed E-state index contributed by atoms with van der Waals surface area (Å²) in [6, 6.07) is 7.44. The van der Waals surface area contributed by atoms with Gasteiger partial charge in [-0.1, -0.05) is 17.7 Å². The van der Waals surface area contributed by atoms with Gasteiger partial charge < -0.3 is 11.1 Å². The topological polar surface area (TPSA) is 38.0 Å². The Balaban J connectivity index is 2.75. The molecule has 0 aliphatic carbocycles. The van der Waals surface area contributed by atoms with Crippen molar-refractivity contribution in [2.75, 3.05) is 12.0 Å². The Morgan fingerprint density at radius 2 is 2.30 bits per heavy atom. The first kappa shape index (κ1) is 7.38. The molecule has 0 saturated carbocycles. The zero-order valence-corrected chi connectivity index (χ0v) is 6.23. The van der Waals surface area contributed by atoms with Gasteiger partial charge in [0.1, 0.15) is 0 Å². The molecule has 0 saturated heterocycles. The molecule has 0 aliphatic rings. The van der Waals surface area contributed by atoms with E-state index in [1.807, 2.05) is 24.3 Å². The fourth-order valence-corrected chi connectivity index (χ4v) is 0.907. The molecule has 1 aromatic carbocycles. The van der Waals surface area contributed by atoms with Crippen molar-refractivity contribution in [2.45, 2.75) is 0 Å². The van der Waals surface area contributed by atoms with Crippen molar-refractivity contribution in [1.82, 2.24) is 0 Å². The van der Waals surface area contributed by atoms with Gasteiger partial charge in [-0.3, -0.25) is 0 Å². The molecule has 0 aromatic heterocycles. The first-order chi connectivity index (χ1) is 4.83. The summed E-state index contributed by atoms with van der Waals surface area (Å²) >= 11 is 5.70. The van der Waals surface area contributed by atoms with Crippen LogP contribution in [0, 0.1) is 0 Å². The Bertz CT molecular complexity index is 213. The average molecular weight is 157 g/mol. The molecule has 0 bridgehead atoms.